The second-order valence-electron chi connectivity index (χ2n) is 5.13. The molecule has 1 N–H and O–H groups in total. The van der Waals surface area contributed by atoms with Gasteiger partial charge in [-0.05, 0) is 19.1 Å². The Morgan fingerprint density at radius 1 is 1.42 bits per heavy atom. The molecule has 0 aliphatic heterocycles. The summed E-state index contributed by atoms with van der Waals surface area (Å²) in [7, 11) is 0. The molecule has 3 rings (SSSR count). The predicted molar refractivity (Wildman–Crippen MR) is 84.2 cm³/mol. The molecule has 0 spiro atoms. The number of nitrogens with one attached hydrogen (secondary N) is 1. The number of aryl methyl sites for hydroxylation is 1. The molecule has 0 radical (unpaired) electrons. The van der Waals surface area contributed by atoms with Gasteiger partial charge in [-0.1, -0.05) is 5.16 Å². The molecule has 3 aromatic heterocycles. The van der Waals surface area contributed by atoms with Crippen molar-refractivity contribution in [1.82, 2.24) is 24.8 Å². The van der Waals surface area contributed by atoms with Crippen molar-refractivity contribution in [3.05, 3.63) is 48.1 Å². The lowest BCUT2D eigenvalue weighted by molar-refractivity contribution is 0.209. The molecule has 0 aliphatic carbocycles. The maximum absolute atomic E-state index is 12.5. The first-order chi connectivity index (χ1) is 11.7. The van der Waals surface area contributed by atoms with E-state index in [9.17, 15) is 4.79 Å². The van der Waals surface area contributed by atoms with Crippen LogP contribution in [0.5, 0.6) is 0 Å². The van der Waals surface area contributed by atoms with E-state index in [1.54, 1.807) is 35.0 Å². The molecular weight excluding hydrogens is 312 g/mol. The van der Waals surface area contributed by atoms with Crippen molar-refractivity contribution >= 4 is 11.8 Å². The monoisotopic (exact) mass is 330 g/mol. The van der Waals surface area contributed by atoms with Crippen LogP contribution in [0, 0.1) is 6.92 Å². The highest BCUT2D eigenvalue weighted by atomic mass is 16.5. The Labute approximate surface area is 138 Å². The van der Waals surface area contributed by atoms with Crippen LogP contribution in [-0.2, 0) is 13.1 Å². The minimum atomic E-state index is -0.263. The first-order valence-electron chi connectivity index (χ1n) is 7.55. The zero-order valence-electron chi connectivity index (χ0n) is 13.5. The normalized spacial score (nSPS) is 10.8. The number of carbonyl (C=O) groups is 1. The molecule has 0 unspecified atom stereocenters. The Bertz CT molecular complexity index is 792. The first kappa shape index (κ1) is 15.8. The molecule has 126 valence electrons. The summed E-state index contributed by atoms with van der Waals surface area (Å²) in [6, 6.07) is 5.13. The molecule has 2 amide bonds. The number of anilines is 1. The van der Waals surface area contributed by atoms with Gasteiger partial charge in [-0.3, -0.25) is 5.32 Å². The number of nitrogens with zero attached hydrogens (tertiary/aromatic N) is 5. The summed E-state index contributed by atoms with van der Waals surface area (Å²) in [4.78, 5) is 18.2. The van der Waals surface area contributed by atoms with E-state index in [1.807, 2.05) is 19.1 Å². The molecule has 9 nitrogen and oxygen atoms in total. The van der Waals surface area contributed by atoms with E-state index in [0.29, 0.717) is 30.6 Å². The largest absolute Gasteiger partial charge is 0.467 e. The van der Waals surface area contributed by atoms with Crippen LogP contribution in [0.2, 0.25) is 0 Å². The van der Waals surface area contributed by atoms with Gasteiger partial charge in [0.25, 0.3) is 0 Å². The van der Waals surface area contributed by atoms with Gasteiger partial charge < -0.3 is 13.8 Å². The molecule has 0 aliphatic rings. The molecule has 0 aromatic carbocycles. The van der Waals surface area contributed by atoms with Crippen LogP contribution < -0.4 is 5.32 Å². The van der Waals surface area contributed by atoms with Crippen LogP contribution in [0.15, 0.2) is 39.6 Å². The summed E-state index contributed by atoms with van der Waals surface area (Å²) in [6.45, 7) is 4.80. The van der Waals surface area contributed by atoms with Crippen LogP contribution in [0.25, 0.3) is 0 Å². The maximum Gasteiger partial charge on any atom is 0.323 e. The average Bonchev–Trinajstić information content (AvgIpc) is 3.30. The van der Waals surface area contributed by atoms with Gasteiger partial charge in [-0.2, -0.15) is 10.1 Å². The number of hydrogen-bond acceptors (Lipinski definition) is 6. The molecule has 3 aromatic rings. The highest BCUT2D eigenvalue weighted by Gasteiger charge is 2.17. The average molecular weight is 330 g/mol. The lowest BCUT2D eigenvalue weighted by atomic mass is 10.4. The number of hydrogen-bond donors (Lipinski definition) is 1. The third-order valence-electron chi connectivity index (χ3n) is 3.41. The first-order valence-corrected chi connectivity index (χ1v) is 7.55. The van der Waals surface area contributed by atoms with E-state index in [1.165, 1.54) is 0 Å². The molecule has 0 atom stereocenters. The summed E-state index contributed by atoms with van der Waals surface area (Å²) in [5.41, 5.74) is 0. The fourth-order valence-electron chi connectivity index (χ4n) is 2.21. The van der Waals surface area contributed by atoms with Crippen molar-refractivity contribution in [3.63, 3.8) is 0 Å². The van der Waals surface area contributed by atoms with E-state index < -0.39 is 0 Å². The smallest absolute Gasteiger partial charge is 0.323 e. The van der Waals surface area contributed by atoms with Crippen LogP contribution in [0.3, 0.4) is 0 Å². The Kier molecular flexibility index (Phi) is 4.59. The third kappa shape index (κ3) is 3.62. The van der Waals surface area contributed by atoms with E-state index >= 15 is 0 Å². The van der Waals surface area contributed by atoms with Crippen LogP contribution in [-0.4, -0.2) is 37.4 Å². The summed E-state index contributed by atoms with van der Waals surface area (Å²) in [5.74, 6) is 2.27. The SMILES string of the molecule is CCN(Cc1noc(C)n1)C(=O)Nc1ccnn1Cc1ccco1. The highest BCUT2D eigenvalue weighted by Crippen LogP contribution is 2.12. The minimum absolute atomic E-state index is 0.263. The van der Waals surface area contributed by atoms with Gasteiger partial charge in [-0.25, -0.2) is 9.48 Å². The van der Waals surface area contributed by atoms with Crippen molar-refractivity contribution in [2.45, 2.75) is 26.9 Å². The van der Waals surface area contributed by atoms with E-state index in [-0.39, 0.29) is 12.6 Å². The van der Waals surface area contributed by atoms with Gasteiger partial charge in [0.1, 0.15) is 18.1 Å². The Balaban J connectivity index is 1.66. The summed E-state index contributed by atoms with van der Waals surface area (Å²) in [6.07, 6.45) is 3.22. The molecule has 9 heteroatoms. The summed E-state index contributed by atoms with van der Waals surface area (Å²) >= 11 is 0. The second-order valence-corrected chi connectivity index (χ2v) is 5.13. The van der Waals surface area contributed by atoms with Gasteiger partial charge in [0.2, 0.25) is 5.89 Å². The quantitative estimate of drug-likeness (QED) is 0.744. The van der Waals surface area contributed by atoms with Gasteiger partial charge in [0.15, 0.2) is 5.82 Å². The van der Waals surface area contributed by atoms with Crippen LogP contribution >= 0.6 is 0 Å². The van der Waals surface area contributed by atoms with Gasteiger partial charge >= 0.3 is 6.03 Å². The van der Waals surface area contributed by atoms with Crippen molar-refractivity contribution in [2.24, 2.45) is 0 Å². The van der Waals surface area contributed by atoms with E-state index in [0.717, 1.165) is 5.76 Å². The number of carbonyl (C=O) groups excluding carboxylic acids is 1. The third-order valence-corrected chi connectivity index (χ3v) is 3.41. The standard InChI is InChI=1S/C15H18N6O3/c1-3-20(10-13-17-11(2)24-19-13)15(22)18-14-6-7-16-21(14)9-12-5-4-8-23-12/h4-8H,3,9-10H2,1-2H3,(H,18,22). The topological polar surface area (TPSA) is 102 Å². The molecule has 0 bridgehead atoms. The molecular formula is C15H18N6O3. The number of rotatable bonds is 6. The van der Waals surface area contributed by atoms with Crippen molar-refractivity contribution < 1.29 is 13.7 Å². The number of aromatic nitrogens is 4. The van der Waals surface area contributed by atoms with Gasteiger partial charge in [-0.15, -0.1) is 0 Å². The Hall–Kier alpha value is -3.10. The Morgan fingerprint density at radius 3 is 2.96 bits per heavy atom. The zero-order chi connectivity index (χ0) is 16.9. The van der Waals surface area contributed by atoms with E-state index in [2.05, 4.69) is 20.6 Å². The fourth-order valence-corrected chi connectivity index (χ4v) is 2.21. The fraction of sp³-hybridized carbons (Fsp3) is 0.333. The summed E-state index contributed by atoms with van der Waals surface area (Å²) in [5, 5.41) is 10.9. The molecule has 24 heavy (non-hydrogen) atoms. The van der Waals surface area contributed by atoms with Crippen molar-refractivity contribution in [1.29, 1.82) is 0 Å². The number of urea groups is 1. The summed E-state index contributed by atoms with van der Waals surface area (Å²) < 4.78 is 11.9. The van der Waals surface area contributed by atoms with Gasteiger partial charge in [0, 0.05) is 19.5 Å². The molecule has 3 heterocycles. The molecule has 0 fully saturated rings. The Morgan fingerprint density at radius 2 is 2.29 bits per heavy atom. The number of amides is 2. The molecule has 0 saturated heterocycles. The lowest BCUT2D eigenvalue weighted by Gasteiger charge is -2.19. The highest BCUT2D eigenvalue weighted by molar-refractivity contribution is 5.88. The predicted octanol–water partition coefficient (Wildman–Crippen LogP) is 2.27. The lowest BCUT2D eigenvalue weighted by Crippen LogP contribution is -2.35. The zero-order valence-corrected chi connectivity index (χ0v) is 13.5. The van der Waals surface area contributed by atoms with E-state index in [4.69, 9.17) is 8.94 Å². The maximum atomic E-state index is 12.5. The van der Waals surface area contributed by atoms with Gasteiger partial charge in [0.05, 0.1) is 19.0 Å². The molecule has 0 saturated carbocycles. The van der Waals surface area contributed by atoms with Crippen LogP contribution in [0.4, 0.5) is 10.6 Å². The van der Waals surface area contributed by atoms with Crippen LogP contribution in [0.1, 0.15) is 24.4 Å². The van der Waals surface area contributed by atoms with Crippen molar-refractivity contribution in [2.75, 3.05) is 11.9 Å². The minimum Gasteiger partial charge on any atom is -0.467 e. The number of furan rings is 1. The second kappa shape index (κ2) is 6.99. The van der Waals surface area contributed by atoms with Crippen molar-refractivity contribution in [3.8, 4) is 0 Å².